The zero-order chi connectivity index (χ0) is 22.8. The Morgan fingerprint density at radius 3 is 2.55 bits per heavy atom. The summed E-state index contributed by atoms with van der Waals surface area (Å²) in [6, 6.07) is 21.5. The highest BCUT2D eigenvalue weighted by Crippen LogP contribution is 2.28. The number of aromatic nitrogens is 1. The van der Waals surface area contributed by atoms with E-state index in [1.807, 2.05) is 67.7 Å². The molecule has 1 aliphatic rings. The van der Waals surface area contributed by atoms with Gasteiger partial charge >= 0.3 is 0 Å². The first kappa shape index (κ1) is 21.6. The molecule has 0 aliphatic carbocycles. The molecule has 1 fully saturated rings. The van der Waals surface area contributed by atoms with Gasteiger partial charge in [0.1, 0.15) is 0 Å². The van der Waals surface area contributed by atoms with Crippen molar-refractivity contribution in [1.82, 2.24) is 9.88 Å². The number of fused-ring (bicyclic) bond motifs is 1. The summed E-state index contributed by atoms with van der Waals surface area (Å²) in [6.07, 6.45) is 4.52. The van der Waals surface area contributed by atoms with Crippen molar-refractivity contribution in [3.63, 3.8) is 0 Å². The second kappa shape index (κ2) is 9.34. The highest BCUT2D eigenvalue weighted by atomic mass is 35.5. The van der Waals surface area contributed by atoms with Crippen LogP contribution in [0.3, 0.4) is 0 Å². The minimum atomic E-state index is -0.145. The molecule has 5 heteroatoms. The number of pyridine rings is 1. The van der Waals surface area contributed by atoms with Crippen molar-refractivity contribution in [2.45, 2.75) is 26.3 Å². The van der Waals surface area contributed by atoms with Crippen molar-refractivity contribution in [2.75, 3.05) is 18.4 Å². The number of carbonyl (C=O) groups is 1. The maximum Gasteiger partial charge on any atom is 0.255 e. The van der Waals surface area contributed by atoms with Crippen LogP contribution >= 0.6 is 11.6 Å². The van der Waals surface area contributed by atoms with E-state index in [1.165, 1.54) is 31.5 Å². The number of hydrogen-bond acceptors (Lipinski definition) is 3. The Labute approximate surface area is 199 Å². The molecule has 4 aromatic rings. The molecule has 1 N–H and O–H groups in total. The molecule has 0 bridgehead atoms. The van der Waals surface area contributed by atoms with Crippen LogP contribution in [-0.4, -0.2) is 28.9 Å². The monoisotopic (exact) mass is 455 g/mol. The first-order chi connectivity index (χ1) is 16.1. The predicted molar refractivity (Wildman–Crippen MR) is 136 cm³/mol. The molecule has 1 amide bonds. The van der Waals surface area contributed by atoms with E-state index in [4.69, 9.17) is 11.6 Å². The second-order valence-electron chi connectivity index (χ2n) is 8.70. The van der Waals surface area contributed by atoms with Gasteiger partial charge in [-0.3, -0.25) is 14.7 Å². The van der Waals surface area contributed by atoms with Gasteiger partial charge in [0.25, 0.3) is 5.91 Å². The van der Waals surface area contributed by atoms with E-state index in [-0.39, 0.29) is 5.91 Å². The molecular weight excluding hydrogens is 430 g/mol. The van der Waals surface area contributed by atoms with Crippen LogP contribution in [0.1, 0.15) is 34.3 Å². The number of anilines is 1. The summed E-state index contributed by atoms with van der Waals surface area (Å²) in [5.74, 6) is -0.145. The fraction of sp³-hybridized carbons (Fsp3) is 0.214. The molecule has 0 radical (unpaired) electrons. The van der Waals surface area contributed by atoms with Gasteiger partial charge in [-0.05, 0) is 85.9 Å². The number of carbonyl (C=O) groups excluding carboxylic acids is 1. The highest BCUT2D eigenvalue weighted by Gasteiger charge is 2.14. The Morgan fingerprint density at radius 1 is 1.03 bits per heavy atom. The molecule has 1 saturated heterocycles. The molecule has 33 heavy (non-hydrogen) atoms. The molecule has 1 aromatic heterocycles. The Hall–Kier alpha value is -3.21. The van der Waals surface area contributed by atoms with Crippen molar-refractivity contribution in [3.8, 4) is 11.1 Å². The van der Waals surface area contributed by atoms with Gasteiger partial charge < -0.3 is 5.32 Å². The Kier molecular flexibility index (Phi) is 6.12. The summed E-state index contributed by atoms with van der Waals surface area (Å²) >= 11 is 6.30. The summed E-state index contributed by atoms with van der Waals surface area (Å²) in [6.45, 7) is 5.30. The lowest BCUT2D eigenvalue weighted by molar-refractivity contribution is 0.102. The number of rotatable bonds is 5. The number of amides is 1. The minimum Gasteiger partial charge on any atom is -0.322 e. The summed E-state index contributed by atoms with van der Waals surface area (Å²) in [5, 5.41) is 4.84. The number of halogens is 1. The molecular formula is C28H26ClN3O. The summed E-state index contributed by atoms with van der Waals surface area (Å²) < 4.78 is 0. The Morgan fingerprint density at radius 2 is 1.79 bits per heavy atom. The van der Waals surface area contributed by atoms with Gasteiger partial charge in [0.05, 0.1) is 5.52 Å². The van der Waals surface area contributed by atoms with Gasteiger partial charge in [0.2, 0.25) is 0 Å². The number of nitrogens with one attached hydrogen (secondary N) is 1. The number of aryl methyl sites for hydroxylation is 1. The zero-order valence-corrected chi connectivity index (χ0v) is 19.4. The normalized spacial score (nSPS) is 14.0. The van der Waals surface area contributed by atoms with Crippen LogP contribution in [0.5, 0.6) is 0 Å². The van der Waals surface area contributed by atoms with Crippen LogP contribution in [0.4, 0.5) is 5.69 Å². The first-order valence-electron chi connectivity index (χ1n) is 11.3. The van der Waals surface area contributed by atoms with E-state index in [2.05, 4.69) is 27.3 Å². The summed E-state index contributed by atoms with van der Waals surface area (Å²) in [7, 11) is 0. The van der Waals surface area contributed by atoms with Gasteiger partial charge in [0.15, 0.2) is 0 Å². The average Bonchev–Trinajstić information content (AvgIpc) is 3.33. The smallest absolute Gasteiger partial charge is 0.255 e. The van der Waals surface area contributed by atoms with E-state index in [0.29, 0.717) is 10.6 Å². The molecule has 0 spiro atoms. The lowest BCUT2D eigenvalue weighted by Gasteiger charge is -2.15. The molecule has 3 aromatic carbocycles. The lowest BCUT2D eigenvalue weighted by atomic mass is 10.0. The molecule has 0 unspecified atom stereocenters. The molecule has 166 valence electrons. The van der Waals surface area contributed by atoms with Gasteiger partial charge in [-0.25, -0.2) is 0 Å². The molecule has 0 atom stereocenters. The van der Waals surface area contributed by atoms with Crippen LogP contribution in [0.25, 0.3) is 22.0 Å². The summed E-state index contributed by atoms with van der Waals surface area (Å²) in [5.41, 5.74) is 6.44. The second-order valence-corrected chi connectivity index (χ2v) is 9.11. The minimum absolute atomic E-state index is 0.145. The largest absolute Gasteiger partial charge is 0.322 e. The Bertz CT molecular complexity index is 1310. The van der Waals surface area contributed by atoms with Crippen LogP contribution in [0.2, 0.25) is 5.02 Å². The van der Waals surface area contributed by atoms with Gasteiger partial charge in [0, 0.05) is 40.0 Å². The van der Waals surface area contributed by atoms with Crippen molar-refractivity contribution in [3.05, 3.63) is 94.6 Å². The van der Waals surface area contributed by atoms with E-state index < -0.39 is 0 Å². The third-order valence-corrected chi connectivity index (χ3v) is 6.60. The fourth-order valence-corrected chi connectivity index (χ4v) is 4.69. The van der Waals surface area contributed by atoms with Crippen LogP contribution in [0.15, 0.2) is 72.9 Å². The van der Waals surface area contributed by atoms with E-state index in [1.54, 1.807) is 0 Å². The number of benzene rings is 3. The van der Waals surface area contributed by atoms with Gasteiger partial charge in [-0.15, -0.1) is 0 Å². The number of nitrogens with zero attached hydrogens (tertiary/aromatic N) is 2. The molecule has 0 saturated carbocycles. The molecule has 2 heterocycles. The Balaban J connectivity index is 1.33. The van der Waals surface area contributed by atoms with Crippen LogP contribution in [-0.2, 0) is 6.54 Å². The standard InChI is InChI=1S/C28H26ClN3O/c1-19-14-23-15-20(18-32-12-4-5-13-32)17-30-27(23)16-26(19)31-28(33)22-10-8-21(9-11-22)24-6-2-3-7-25(24)29/h2-3,6-11,14-17H,4-5,12-13,18H2,1H3,(H,31,33). The summed E-state index contributed by atoms with van der Waals surface area (Å²) in [4.78, 5) is 20.0. The van der Waals surface area contributed by atoms with E-state index in [0.717, 1.165) is 39.8 Å². The van der Waals surface area contributed by atoms with Crippen LogP contribution < -0.4 is 5.32 Å². The van der Waals surface area contributed by atoms with Gasteiger partial charge in [-0.1, -0.05) is 41.9 Å². The molecule has 5 rings (SSSR count). The van der Waals surface area contributed by atoms with E-state index in [9.17, 15) is 4.79 Å². The van der Waals surface area contributed by atoms with Crippen LogP contribution in [0, 0.1) is 6.92 Å². The van der Waals surface area contributed by atoms with Crippen molar-refractivity contribution in [2.24, 2.45) is 0 Å². The number of likely N-dealkylation sites (tertiary alicyclic amines) is 1. The molecule has 4 nitrogen and oxygen atoms in total. The lowest BCUT2D eigenvalue weighted by Crippen LogP contribution is -2.18. The first-order valence-corrected chi connectivity index (χ1v) is 11.7. The quantitative estimate of drug-likeness (QED) is 0.363. The fourth-order valence-electron chi connectivity index (χ4n) is 4.45. The third kappa shape index (κ3) is 4.77. The zero-order valence-electron chi connectivity index (χ0n) is 18.6. The van der Waals surface area contributed by atoms with Crippen molar-refractivity contribution < 1.29 is 4.79 Å². The molecule has 1 aliphatic heterocycles. The van der Waals surface area contributed by atoms with E-state index >= 15 is 0 Å². The van der Waals surface area contributed by atoms with Crippen molar-refractivity contribution in [1.29, 1.82) is 0 Å². The highest BCUT2D eigenvalue weighted by molar-refractivity contribution is 6.33. The SMILES string of the molecule is Cc1cc2cc(CN3CCCC3)cnc2cc1NC(=O)c1ccc(-c2ccccc2Cl)cc1. The van der Waals surface area contributed by atoms with Crippen molar-refractivity contribution >= 4 is 34.1 Å². The predicted octanol–water partition coefficient (Wildman–Crippen LogP) is 6.71. The topological polar surface area (TPSA) is 45.2 Å². The maximum atomic E-state index is 12.9. The van der Waals surface area contributed by atoms with Gasteiger partial charge in [-0.2, -0.15) is 0 Å². The third-order valence-electron chi connectivity index (χ3n) is 6.27. The maximum absolute atomic E-state index is 12.9. The average molecular weight is 456 g/mol. The number of hydrogen-bond donors (Lipinski definition) is 1.